The van der Waals surface area contributed by atoms with Crippen LogP contribution < -0.4 is 5.32 Å². The van der Waals surface area contributed by atoms with Gasteiger partial charge in [-0.1, -0.05) is 22.4 Å². The highest BCUT2D eigenvalue weighted by Gasteiger charge is 2.31. The first kappa shape index (κ1) is 15.3. The molecule has 20 heavy (non-hydrogen) atoms. The molecule has 1 heterocycles. The molecule has 0 radical (unpaired) electrons. The van der Waals surface area contributed by atoms with Gasteiger partial charge in [-0.15, -0.1) is 0 Å². The number of hydrogen-bond donors (Lipinski definition) is 1. The topological polar surface area (TPSA) is 42.0 Å². The molecule has 1 aromatic heterocycles. The van der Waals surface area contributed by atoms with E-state index in [0.29, 0.717) is 12.1 Å². The summed E-state index contributed by atoms with van der Waals surface area (Å²) in [4.78, 5) is 15.5. The zero-order valence-corrected chi connectivity index (χ0v) is 12.2. The maximum Gasteiger partial charge on any atom is 0.417 e. The van der Waals surface area contributed by atoms with Gasteiger partial charge >= 0.3 is 6.18 Å². The zero-order chi connectivity index (χ0) is 14.8. The third-order valence-corrected chi connectivity index (χ3v) is 4.33. The van der Waals surface area contributed by atoms with Crippen molar-refractivity contribution in [2.45, 2.75) is 31.5 Å². The van der Waals surface area contributed by atoms with Gasteiger partial charge in [-0.3, -0.25) is 9.78 Å². The number of rotatable bonds is 3. The SMILES string of the molecule is O=C(NC1CCCC1CBr)c1ccc(C(F)(F)F)cn1. The van der Waals surface area contributed by atoms with Gasteiger partial charge in [0.25, 0.3) is 5.91 Å². The Balaban J connectivity index is 2.02. The molecule has 2 atom stereocenters. The first-order valence-corrected chi connectivity index (χ1v) is 7.44. The molecule has 1 fully saturated rings. The molecule has 2 rings (SSSR count). The highest BCUT2D eigenvalue weighted by atomic mass is 79.9. The quantitative estimate of drug-likeness (QED) is 0.849. The maximum atomic E-state index is 12.4. The number of nitrogens with one attached hydrogen (secondary N) is 1. The van der Waals surface area contributed by atoms with E-state index in [9.17, 15) is 18.0 Å². The van der Waals surface area contributed by atoms with Gasteiger partial charge in [0, 0.05) is 17.6 Å². The highest BCUT2D eigenvalue weighted by molar-refractivity contribution is 9.09. The molecule has 2 unspecified atom stereocenters. The zero-order valence-electron chi connectivity index (χ0n) is 10.6. The molecular weight excluding hydrogens is 337 g/mol. The lowest BCUT2D eigenvalue weighted by molar-refractivity contribution is -0.137. The van der Waals surface area contributed by atoms with E-state index in [4.69, 9.17) is 0 Å². The minimum Gasteiger partial charge on any atom is -0.348 e. The van der Waals surface area contributed by atoms with Gasteiger partial charge in [-0.25, -0.2) is 0 Å². The number of carbonyl (C=O) groups is 1. The Kier molecular flexibility index (Phi) is 4.67. The van der Waals surface area contributed by atoms with Crippen LogP contribution in [0.2, 0.25) is 0 Å². The Hall–Kier alpha value is -1.11. The number of amides is 1. The molecule has 1 aliphatic rings. The van der Waals surface area contributed by atoms with Crippen molar-refractivity contribution in [1.82, 2.24) is 10.3 Å². The Bertz CT molecular complexity index is 475. The summed E-state index contributed by atoms with van der Waals surface area (Å²) in [7, 11) is 0. The van der Waals surface area contributed by atoms with Crippen LogP contribution in [0.5, 0.6) is 0 Å². The van der Waals surface area contributed by atoms with Gasteiger partial charge in [-0.2, -0.15) is 13.2 Å². The number of hydrogen-bond acceptors (Lipinski definition) is 2. The first-order valence-electron chi connectivity index (χ1n) is 6.32. The lowest BCUT2D eigenvalue weighted by Crippen LogP contribution is -2.38. The van der Waals surface area contributed by atoms with Crippen molar-refractivity contribution >= 4 is 21.8 Å². The normalized spacial score (nSPS) is 22.8. The summed E-state index contributed by atoms with van der Waals surface area (Å²) in [6.45, 7) is 0. The number of nitrogens with zero attached hydrogens (tertiary/aromatic N) is 1. The summed E-state index contributed by atoms with van der Waals surface area (Å²) < 4.78 is 37.2. The fourth-order valence-corrected chi connectivity index (χ4v) is 3.12. The van der Waals surface area contributed by atoms with Crippen LogP contribution in [-0.4, -0.2) is 22.3 Å². The van der Waals surface area contributed by atoms with Crippen LogP contribution >= 0.6 is 15.9 Å². The molecule has 0 spiro atoms. The molecule has 0 aromatic carbocycles. The van der Waals surface area contributed by atoms with Gasteiger partial charge in [0.2, 0.25) is 0 Å². The van der Waals surface area contributed by atoms with Crippen molar-refractivity contribution in [2.24, 2.45) is 5.92 Å². The van der Waals surface area contributed by atoms with Crippen molar-refractivity contribution in [2.75, 3.05) is 5.33 Å². The predicted molar refractivity (Wildman–Crippen MR) is 71.6 cm³/mol. The summed E-state index contributed by atoms with van der Waals surface area (Å²) >= 11 is 3.40. The lowest BCUT2D eigenvalue weighted by atomic mass is 10.1. The van der Waals surface area contributed by atoms with E-state index in [0.717, 1.165) is 36.7 Å². The molecule has 1 saturated carbocycles. The average Bonchev–Trinajstić information content (AvgIpc) is 2.85. The Morgan fingerprint density at radius 3 is 2.70 bits per heavy atom. The smallest absolute Gasteiger partial charge is 0.348 e. The molecule has 0 aliphatic heterocycles. The summed E-state index contributed by atoms with van der Waals surface area (Å²) in [5.74, 6) is -0.0510. The van der Waals surface area contributed by atoms with Crippen LogP contribution in [0.25, 0.3) is 0 Å². The molecular formula is C13H14BrF3N2O. The van der Waals surface area contributed by atoms with Crippen molar-refractivity contribution < 1.29 is 18.0 Å². The third-order valence-electron chi connectivity index (χ3n) is 3.50. The van der Waals surface area contributed by atoms with Crippen LogP contribution in [0.1, 0.15) is 35.3 Å². The second kappa shape index (κ2) is 6.11. The molecule has 1 aliphatic carbocycles. The largest absolute Gasteiger partial charge is 0.417 e. The Labute approximate surface area is 123 Å². The number of alkyl halides is 4. The fraction of sp³-hybridized carbons (Fsp3) is 0.538. The van der Waals surface area contributed by atoms with Crippen molar-refractivity contribution in [3.05, 3.63) is 29.6 Å². The van der Waals surface area contributed by atoms with Crippen molar-refractivity contribution in [3.63, 3.8) is 0 Å². The number of halogens is 4. The van der Waals surface area contributed by atoms with Crippen LogP contribution in [0.4, 0.5) is 13.2 Å². The average molecular weight is 351 g/mol. The van der Waals surface area contributed by atoms with Crippen LogP contribution in [0.3, 0.4) is 0 Å². The number of carbonyl (C=O) groups excluding carboxylic acids is 1. The van der Waals surface area contributed by atoms with Crippen LogP contribution in [0.15, 0.2) is 18.3 Å². The molecule has 110 valence electrons. The minimum absolute atomic E-state index is 0.0122. The van der Waals surface area contributed by atoms with E-state index in [-0.39, 0.29) is 11.7 Å². The summed E-state index contributed by atoms with van der Waals surface area (Å²) in [5.41, 5.74) is -0.841. The van der Waals surface area contributed by atoms with Crippen molar-refractivity contribution in [1.29, 1.82) is 0 Å². The van der Waals surface area contributed by atoms with Crippen LogP contribution in [0, 0.1) is 5.92 Å². The Morgan fingerprint density at radius 1 is 1.40 bits per heavy atom. The molecule has 3 nitrogen and oxygen atoms in total. The van der Waals surface area contributed by atoms with E-state index in [1.165, 1.54) is 0 Å². The number of pyridine rings is 1. The third kappa shape index (κ3) is 3.50. The van der Waals surface area contributed by atoms with Crippen molar-refractivity contribution in [3.8, 4) is 0 Å². The van der Waals surface area contributed by atoms with Gasteiger partial charge in [0.15, 0.2) is 0 Å². The van der Waals surface area contributed by atoms with Gasteiger partial charge in [0.05, 0.1) is 5.56 Å². The van der Waals surface area contributed by atoms with E-state index in [2.05, 4.69) is 26.2 Å². The second-order valence-corrected chi connectivity index (χ2v) is 5.50. The minimum atomic E-state index is -4.44. The monoisotopic (exact) mass is 350 g/mol. The number of aromatic nitrogens is 1. The maximum absolute atomic E-state index is 12.4. The predicted octanol–water partition coefficient (Wildman–Crippen LogP) is 3.39. The molecule has 7 heteroatoms. The Morgan fingerprint density at radius 2 is 2.15 bits per heavy atom. The first-order chi connectivity index (χ1) is 9.41. The lowest BCUT2D eigenvalue weighted by Gasteiger charge is -2.18. The molecule has 1 amide bonds. The van der Waals surface area contributed by atoms with Gasteiger partial charge in [0.1, 0.15) is 5.69 Å². The molecule has 1 aromatic rings. The van der Waals surface area contributed by atoms with E-state index >= 15 is 0 Å². The molecule has 0 bridgehead atoms. The van der Waals surface area contributed by atoms with Crippen LogP contribution in [-0.2, 0) is 6.18 Å². The summed E-state index contributed by atoms with van der Waals surface area (Å²) in [5, 5.41) is 3.65. The second-order valence-electron chi connectivity index (χ2n) is 4.86. The standard InChI is InChI=1S/C13H14BrF3N2O/c14-6-8-2-1-3-10(8)19-12(20)11-5-4-9(7-18-11)13(15,16)17/h4-5,7-8,10H,1-3,6H2,(H,19,20). The molecule has 1 N–H and O–H groups in total. The fourth-order valence-electron chi connectivity index (χ4n) is 2.35. The summed E-state index contributed by atoms with van der Waals surface area (Å²) in [6.07, 6.45) is -0.777. The van der Waals surface area contributed by atoms with E-state index < -0.39 is 17.6 Å². The molecule has 0 saturated heterocycles. The van der Waals surface area contributed by atoms with Gasteiger partial charge < -0.3 is 5.32 Å². The van der Waals surface area contributed by atoms with Gasteiger partial charge in [-0.05, 0) is 30.9 Å². The van der Waals surface area contributed by atoms with E-state index in [1.54, 1.807) is 0 Å². The highest BCUT2D eigenvalue weighted by Crippen LogP contribution is 2.29. The summed E-state index contributed by atoms with van der Waals surface area (Å²) in [6, 6.07) is 2.04. The van der Waals surface area contributed by atoms with E-state index in [1.807, 2.05) is 0 Å².